The summed E-state index contributed by atoms with van der Waals surface area (Å²) in [6.07, 6.45) is 0.870. The predicted octanol–water partition coefficient (Wildman–Crippen LogP) is 1.93. The largest absolute Gasteiger partial charge is 0.535 e. The molecule has 1 saturated carbocycles. The van der Waals surface area contributed by atoms with Gasteiger partial charge in [-0.2, -0.15) is 0 Å². The molecule has 25 heavy (non-hydrogen) atoms. The van der Waals surface area contributed by atoms with Crippen LogP contribution >= 0.6 is 11.8 Å². The Morgan fingerprint density at radius 1 is 1.48 bits per heavy atom. The summed E-state index contributed by atoms with van der Waals surface area (Å²) in [5.41, 5.74) is 1.13. The van der Waals surface area contributed by atoms with E-state index in [0.717, 1.165) is 44.0 Å². The number of carboxylic acids is 1. The van der Waals surface area contributed by atoms with Gasteiger partial charge in [-0.25, -0.2) is 4.79 Å². The van der Waals surface area contributed by atoms with Crippen molar-refractivity contribution in [2.24, 2.45) is 0 Å². The molecular formula is C17H22BNO5S. The molecule has 4 rings (SSSR count). The fourth-order valence-corrected chi connectivity index (χ4v) is 4.82. The van der Waals surface area contributed by atoms with Gasteiger partial charge in [-0.15, -0.1) is 11.8 Å². The zero-order valence-electron chi connectivity index (χ0n) is 14.2. The number of hydrogen-bond donors (Lipinski definition) is 2. The lowest BCUT2D eigenvalue weighted by atomic mass is 9.77. The van der Waals surface area contributed by atoms with E-state index in [-0.39, 0.29) is 17.3 Å². The summed E-state index contributed by atoms with van der Waals surface area (Å²) in [6, 6.07) is 4.26. The SMILES string of the molecule is CC1COCCN1CCSc1ccc2c(c1C(=O)O)OB(O)C1CC21. The van der Waals surface area contributed by atoms with Crippen molar-refractivity contribution in [2.75, 3.05) is 32.1 Å². The number of morpholine rings is 1. The molecule has 8 heteroatoms. The third-order valence-electron chi connectivity index (χ3n) is 5.35. The Kier molecular flexibility index (Phi) is 4.70. The van der Waals surface area contributed by atoms with Crippen LogP contribution in [0.5, 0.6) is 5.75 Å². The Balaban J connectivity index is 1.50. The first kappa shape index (κ1) is 17.2. The number of benzene rings is 1. The van der Waals surface area contributed by atoms with Gasteiger partial charge in [-0.1, -0.05) is 6.07 Å². The Morgan fingerprint density at radius 2 is 2.32 bits per heavy atom. The van der Waals surface area contributed by atoms with Gasteiger partial charge in [0, 0.05) is 35.6 Å². The molecule has 2 aliphatic heterocycles. The molecular weight excluding hydrogens is 341 g/mol. The normalized spacial score (nSPS) is 28.1. The molecule has 0 radical (unpaired) electrons. The maximum atomic E-state index is 11.8. The molecule has 0 bridgehead atoms. The van der Waals surface area contributed by atoms with Crippen LogP contribution < -0.4 is 4.65 Å². The average Bonchev–Trinajstić information content (AvgIpc) is 3.37. The minimum atomic E-state index is -0.995. The molecule has 1 aliphatic carbocycles. The maximum absolute atomic E-state index is 11.8. The predicted molar refractivity (Wildman–Crippen MR) is 95.7 cm³/mol. The van der Waals surface area contributed by atoms with E-state index in [0.29, 0.717) is 16.7 Å². The molecule has 2 heterocycles. The van der Waals surface area contributed by atoms with E-state index in [1.54, 1.807) is 0 Å². The van der Waals surface area contributed by atoms with Crippen molar-refractivity contribution < 1.29 is 24.3 Å². The molecule has 3 unspecified atom stereocenters. The number of ether oxygens (including phenoxy) is 1. The minimum absolute atomic E-state index is 0.121. The van der Waals surface area contributed by atoms with Gasteiger partial charge in [0.05, 0.1) is 13.2 Å². The van der Waals surface area contributed by atoms with Crippen LogP contribution in [-0.2, 0) is 4.74 Å². The Labute approximate surface area is 151 Å². The van der Waals surface area contributed by atoms with Crippen molar-refractivity contribution in [1.82, 2.24) is 4.90 Å². The van der Waals surface area contributed by atoms with Crippen LogP contribution in [-0.4, -0.2) is 66.2 Å². The van der Waals surface area contributed by atoms with Crippen molar-refractivity contribution >= 4 is 24.8 Å². The highest BCUT2D eigenvalue weighted by Crippen LogP contribution is 2.60. The molecule has 2 N–H and O–H groups in total. The summed E-state index contributed by atoms with van der Waals surface area (Å²) < 4.78 is 11.0. The molecule has 1 aromatic rings. The van der Waals surface area contributed by atoms with Crippen LogP contribution in [0.25, 0.3) is 0 Å². The molecule has 3 aliphatic rings. The Bertz CT molecular complexity index is 687. The van der Waals surface area contributed by atoms with Crippen molar-refractivity contribution in [3.63, 3.8) is 0 Å². The average molecular weight is 363 g/mol. The van der Waals surface area contributed by atoms with Gasteiger partial charge in [0.25, 0.3) is 0 Å². The maximum Gasteiger partial charge on any atom is 0.526 e. The molecule has 134 valence electrons. The topological polar surface area (TPSA) is 79.2 Å². The lowest BCUT2D eigenvalue weighted by Gasteiger charge is -2.33. The standard InChI is InChI=1S/C17H22BNO5S/c1-10-9-23-6-4-19(10)5-7-25-14-3-2-11-12-8-13(12)18(22)24-16(11)15(14)17(20)21/h2-3,10,12-13,22H,4-9H2,1H3,(H,20,21). The highest BCUT2D eigenvalue weighted by Gasteiger charge is 2.54. The van der Waals surface area contributed by atoms with Crippen molar-refractivity contribution in [3.05, 3.63) is 23.3 Å². The number of carboxylic acid groups (broad SMARTS) is 1. The van der Waals surface area contributed by atoms with E-state index in [9.17, 15) is 14.9 Å². The van der Waals surface area contributed by atoms with E-state index in [4.69, 9.17) is 9.39 Å². The first-order chi connectivity index (χ1) is 12.1. The number of thioether (sulfide) groups is 1. The van der Waals surface area contributed by atoms with Gasteiger partial charge in [-0.05, 0) is 30.9 Å². The summed E-state index contributed by atoms with van der Waals surface area (Å²) in [5, 5.41) is 19.7. The molecule has 0 spiro atoms. The molecule has 1 saturated heterocycles. The second-order valence-corrected chi connectivity index (χ2v) is 8.12. The number of rotatable bonds is 5. The quantitative estimate of drug-likeness (QED) is 0.611. The zero-order chi connectivity index (χ0) is 17.6. The van der Waals surface area contributed by atoms with E-state index < -0.39 is 13.1 Å². The van der Waals surface area contributed by atoms with Crippen LogP contribution in [0.2, 0.25) is 5.82 Å². The Morgan fingerprint density at radius 3 is 3.08 bits per heavy atom. The third kappa shape index (κ3) is 3.28. The van der Waals surface area contributed by atoms with E-state index in [2.05, 4.69) is 11.8 Å². The summed E-state index contributed by atoms with van der Waals surface area (Å²) in [7, 11) is -0.884. The summed E-state index contributed by atoms with van der Waals surface area (Å²) in [4.78, 5) is 14.9. The molecule has 1 aromatic carbocycles. The molecule has 3 atom stereocenters. The van der Waals surface area contributed by atoms with Gasteiger partial charge in [0.15, 0.2) is 0 Å². The smallest absolute Gasteiger partial charge is 0.526 e. The third-order valence-corrected chi connectivity index (χ3v) is 6.39. The molecule has 0 amide bonds. The van der Waals surface area contributed by atoms with Crippen LogP contribution in [0.3, 0.4) is 0 Å². The number of hydrogen-bond acceptors (Lipinski definition) is 6. The zero-order valence-corrected chi connectivity index (χ0v) is 15.0. The van der Waals surface area contributed by atoms with E-state index in [1.807, 2.05) is 12.1 Å². The highest BCUT2D eigenvalue weighted by atomic mass is 32.2. The Hall–Kier alpha value is -1.22. The molecule has 0 aromatic heterocycles. The van der Waals surface area contributed by atoms with Crippen molar-refractivity contribution in [1.29, 1.82) is 0 Å². The highest BCUT2D eigenvalue weighted by molar-refractivity contribution is 7.99. The lowest BCUT2D eigenvalue weighted by Crippen LogP contribution is -2.44. The first-order valence-corrected chi connectivity index (χ1v) is 9.74. The van der Waals surface area contributed by atoms with Gasteiger partial charge >= 0.3 is 13.1 Å². The van der Waals surface area contributed by atoms with Gasteiger partial charge < -0.3 is 19.5 Å². The summed E-state index contributed by atoms with van der Waals surface area (Å²) in [5.74, 6) is 0.535. The molecule has 2 fully saturated rings. The number of aromatic carboxylic acids is 1. The summed E-state index contributed by atoms with van der Waals surface area (Å²) >= 11 is 1.53. The minimum Gasteiger partial charge on any atom is -0.535 e. The fraction of sp³-hybridized carbons (Fsp3) is 0.588. The monoisotopic (exact) mass is 363 g/mol. The van der Waals surface area contributed by atoms with Crippen LogP contribution in [0.4, 0.5) is 0 Å². The fourth-order valence-electron chi connectivity index (χ4n) is 3.78. The van der Waals surface area contributed by atoms with Crippen LogP contribution in [0.15, 0.2) is 17.0 Å². The number of fused-ring (bicyclic) bond motifs is 3. The summed E-state index contributed by atoms with van der Waals surface area (Å²) in [6.45, 7) is 5.45. The van der Waals surface area contributed by atoms with Gasteiger partial charge in [0.2, 0.25) is 0 Å². The molecule has 6 nitrogen and oxygen atoms in total. The first-order valence-electron chi connectivity index (χ1n) is 8.75. The van der Waals surface area contributed by atoms with Crippen molar-refractivity contribution in [2.45, 2.75) is 36.0 Å². The van der Waals surface area contributed by atoms with Gasteiger partial charge in [-0.3, -0.25) is 4.90 Å². The van der Waals surface area contributed by atoms with Crippen LogP contribution in [0.1, 0.15) is 35.2 Å². The second kappa shape index (κ2) is 6.83. The van der Waals surface area contributed by atoms with Gasteiger partial charge in [0.1, 0.15) is 11.3 Å². The lowest BCUT2D eigenvalue weighted by molar-refractivity contribution is 0.00299. The number of carbonyl (C=O) groups is 1. The van der Waals surface area contributed by atoms with E-state index >= 15 is 0 Å². The van der Waals surface area contributed by atoms with E-state index in [1.165, 1.54) is 11.8 Å². The second-order valence-electron chi connectivity index (χ2n) is 6.99. The van der Waals surface area contributed by atoms with Crippen LogP contribution in [0, 0.1) is 0 Å². The number of nitrogens with zero attached hydrogens (tertiary/aromatic N) is 1. The van der Waals surface area contributed by atoms with Crippen molar-refractivity contribution in [3.8, 4) is 5.75 Å².